The van der Waals surface area contributed by atoms with Crippen LogP contribution in [0.1, 0.15) is 23.5 Å². The van der Waals surface area contributed by atoms with Crippen LogP contribution in [-0.4, -0.2) is 11.6 Å². The lowest BCUT2D eigenvalue weighted by molar-refractivity contribution is 0.0974. The van der Waals surface area contributed by atoms with E-state index in [9.17, 15) is 0 Å². The molecule has 2 aromatic carbocycles. The molecule has 1 fully saturated rings. The van der Waals surface area contributed by atoms with Crippen LogP contribution >= 0.6 is 0 Å². The van der Waals surface area contributed by atoms with Gasteiger partial charge in [0.1, 0.15) is 0 Å². The summed E-state index contributed by atoms with van der Waals surface area (Å²) in [6.07, 6.45) is -0.163. The van der Waals surface area contributed by atoms with Gasteiger partial charge in [0.15, 0.2) is 6.23 Å². The van der Waals surface area contributed by atoms with Crippen LogP contribution in [0.5, 0.6) is 0 Å². The van der Waals surface area contributed by atoms with Crippen LogP contribution in [0, 0.1) is 0 Å². The highest BCUT2D eigenvalue weighted by molar-refractivity contribution is 5.58. The molecule has 0 bridgehead atoms. The van der Waals surface area contributed by atoms with Crippen LogP contribution in [0.3, 0.4) is 0 Å². The molecule has 1 aliphatic heterocycles. The summed E-state index contributed by atoms with van der Waals surface area (Å²) in [5.74, 6) is 0. The van der Waals surface area contributed by atoms with Crippen molar-refractivity contribution in [1.29, 1.82) is 0 Å². The van der Waals surface area contributed by atoms with E-state index >= 15 is 0 Å². The monoisotopic (exact) mass is 302 g/mol. The molecule has 0 spiro atoms. The third-order valence-electron chi connectivity index (χ3n) is 4.09. The molecule has 3 aromatic rings. The highest BCUT2D eigenvalue weighted by Gasteiger charge is 2.27. The maximum atomic E-state index is 5.92. The van der Waals surface area contributed by atoms with Crippen LogP contribution in [0.15, 0.2) is 78.9 Å². The third kappa shape index (κ3) is 3.02. The smallest absolute Gasteiger partial charge is 0.151 e. The molecule has 0 saturated carbocycles. The van der Waals surface area contributed by atoms with Gasteiger partial charge in [-0.2, -0.15) is 0 Å². The van der Waals surface area contributed by atoms with Gasteiger partial charge in [-0.1, -0.05) is 66.7 Å². The van der Waals surface area contributed by atoms with Crippen molar-refractivity contribution in [3.05, 3.63) is 90.1 Å². The molecule has 0 amide bonds. The lowest BCUT2D eigenvalue weighted by atomic mass is 10.1. The van der Waals surface area contributed by atoms with E-state index < -0.39 is 0 Å². The molecule has 0 aliphatic carbocycles. The zero-order chi connectivity index (χ0) is 15.5. The zero-order valence-electron chi connectivity index (χ0n) is 12.7. The van der Waals surface area contributed by atoms with Crippen molar-refractivity contribution in [1.82, 2.24) is 10.3 Å². The minimum absolute atomic E-state index is 0.163. The molecule has 1 N–H and O–H groups in total. The fourth-order valence-electron chi connectivity index (χ4n) is 2.89. The number of benzene rings is 2. The van der Waals surface area contributed by atoms with Crippen LogP contribution in [0.2, 0.25) is 0 Å². The summed E-state index contributed by atoms with van der Waals surface area (Å²) >= 11 is 0. The topological polar surface area (TPSA) is 34.1 Å². The highest BCUT2D eigenvalue weighted by Crippen LogP contribution is 2.28. The van der Waals surface area contributed by atoms with E-state index in [0.717, 1.165) is 17.0 Å². The first kappa shape index (κ1) is 14.1. The van der Waals surface area contributed by atoms with Gasteiger partial charge in [0.25, 0.3) is 0 Å². The Morgan fingerprint density at radius 1 is 0.826 bits per heavy atom. The Morgan fingerprint density at radius 2 is 1.57 bits per heavy atom. The van der Waals surface area contributed by atoms with Crippen molar-refractivity contribution in [2.24, 2.45) is 0 Å². The van der Waals surface area contributed by atoms with Crippen molar-refractivity contribution >= 4 is 0 Å². The molecule has 2 heterocycles. The van der Waals surface area contributed by atoms with Gasteiger partial charge in [-0.3, -0.25) is 5.32 Å². The van der Waals surface area contributed by atoms with Crippen LogP contribution < -0.4 is 5.32 Å². The van der Waals surface area contributed by atoms with Crippen LogP contribution in [-0.2, 0) is 4.74 Å². The molecule has 4 rings (SSSR count). The predicted octanol–water partition coefficient (Wildman–Crippen LogP) is 4.11. The minimum atomic E-state index is -0.163. The summed E-state index contributed by atoms with van der Waals surface area (Å²) in [5.41, 5.74) is 4.25. The van der Waals surface area contributed by atoms with Gasteiger partial charge in [0, 0.05) is 5.56 Å². The molecule has 1 aromatic heterocycles. The normalized spacial score (nSPS) is 20.5. The number of pyridine rings is 1. The van der Waals surface area contributed by atoms with Crippen molar-refractivity contribution < 1.29 is 4.74 Å². The number of nitrogens with one attached hydrogen (secondary N) is 1. The Labute approximate surface area is 136 Å². The predicted molar refractivity (Wildman–Crippen MR) is 90.7 cm³/mol. The summed E-state index contributed by atoms with van der Waals surface area (Å²) < 4.78 is 5.92. The third-order valence-corrected chi connectivity index (χ3v) is 4.09. The fourth-order valence-corrected chi connectivity index (χ4v) is 2.89. The summed E-state index contributed by atoms with van der Waals surface area (Å²) in [4.78, 5) is 4.77. The van der Waals surface area contributed by atoms with E-state index in [2.05, 4.69) is 41.7 Å². The number of ether oxygens (including phenoxy) is 1. The summed E-state index contributed by atoms with van der Waals surface area (Å²) in [6.45, 7) is 0.659. The lowest BCUT2D eigenvalue weighted by Crippen LogP contribution is -2.19. The molecule has 2 atom stereocenters. The second-order valence-electron chi connectivity index (χ2n) is 5.66. The molecule has 23 heavy (non-hydrogen) atoms. The summed E-state index contributed by atoms with van der Waals surface area (Å²) in [5, 5.41) is 3.52. The van der Waals surface area contributed by atoms with Crippen molar-refractivity contribution in [2.75, 3.05) is 6.61 Å². The largest absolute Gasteiger partial charge is 0.355 e. The first-order valence-electron chi connectivity index (χ1n) is 7.85. The summed E-state index contributed by atoms with van der Waals surface area (Å²) in [7, 11) is 0. The standard InChI is InChI=1S/C20H18N2O/c1-3-8-15(9-4-1)17-12-7-13-18(21-17)20-22-19(14-23-20)16-10-5-2-6-11-16/h1-13,19-20,22H,14H2/t19-,20+/m1/s1. The molecular weight excluding hydrogens is 284 g/mol. The van der Waals surface area contributed by atoms with Crippen LogP contribution in [0.25, 0.3) is 11.3 Å². The average Bonchev–Trinajstić information content (AvgIpc) is 3.14. The van der Waals surface area contributed by atoms with E-state index in [0.29, 0.717) is 6.61 Å². The maximum Gasteiger partial charge on any atom is 0.151 e. The number of hydrogen-bond donors (Lipinski definition) is 1. The number of aromatic nitrogens is 1. The zero-order valence-corrected chi connectivity index (χ0v) is 12.7. The van der Waals surface area contributed by atoms with Gasteiger partial charge in [-0.05, 0) is 17.7 Å². The fraction of sp³-hybridized carbons (Fsp3) is 0.150. The van der Waals surface area contributed by atoms with E-state index in [1.165, 1.54) is 5.56 Å². The second-order valence-corrected chi connectivity index (χ2v) is 5.66. The van der Waals surface area contributed by atoms with Gasteiger partial charge in [-0.25, -0.2) is 4.98 Å². The number of hydrogen-bond acceptors (Lipinski definition) is 3. The molecule has 3 nitrogen and oxygen atoms in total. The lowest BCUT2D eigenvalue weighted by Gasteiger charge is -2.13. The quantitative estimate of drug-likeness (QED) is 0.790. The van der Waals surface area contributed by atoms with Crippen molar-refractivity contribution in [3.63, 3.8) is 0 Å². The molecular formula is C20H18N2O. The van der Waals surface area contributed by atoms with E-state index in [1.54, 1.807) is 0 Å². The van der Waals surface area contributed by atoms with Crippen molar-refractivity contribution in [3.8, 4) is 11.3 Å². The second kappa shape index (κ2) is 6.32. The Bertz CT molecular complexity index is 774. The van der Waals surface area contributed by atoms with Gasteiger partial charge >= 0.3 is 0 Å². The summed E-state index contributed by atoms with van der Waals surface area (Å²) in [6, 6.07) is 26.9. The molecule has 1 aliphatic rings. The number of nitrogens with zero attached hydrogens (tertiary/aromatic N) is 1. The van der Waals surface area contributed by atoms with Crippen LogP contribution in [0.4, 0.5) is 0 Å². The van der Waals surface area contributed by atoms with Gasteiger partial charge in [0.05, 0.1) is 24.0 Å². The first-order valence-corrected chi connectivity index (χ1v) is 7.85. The SMILES string of the molecule is c1ccc(-c2cccc([C@H]3N[C@@H](c4ccccc4)CO3)n2)cc1. The Morgan fingerprint density at radius 3 is 2.35 bits per heavy atom. The van der Waals surface area contributed by atoms with Gasteiger partial charge < -0.3 is 4.74 Å². The first-order chi connectivity index (χ1) is 11.4. The van der Waals surface area contributed by atoms with E-state index in [4.69, 9.17) is 9.72 Å². The molecule has 3 heteroatoms. The highest BCUT2D eigenvalue weighted by atomic mass is 16.5. The Kier molecular flexibility index (Phi) is 3.88. The Balaban J connectivity index is 1.55. The number of rotatable bonds is 3. The molecule has 0 radical (unpaired) electrons. The Hall–Kier alpha value is -2.49. The molecule has 1 saturated heterocycles. The average molecular weight is 302 g/mol. The van der Waals surface area contributed by atoms with E-state index in [-0.39, 0.29) is 12.3 Å². The molecule has 0 unspecified atom stereocenters. The molecule has 114 valence electrons. The minimum Gasteiger partial charge on any atom is -0.355 e. The van der Waals surface area contributed by atoms with E-state index in [1.807, 2.05) is 42.5 Å². The van der Waals surface area contributed by atoms with Crippen molar-refractivity contribution in [2.45, 2.75) is 12.3 Å². The van der Waals surface area contributed by atoms with Gasteiger partial charge in [-0.15, -0.1) is 0 Å². The van der Waals surface area contributed by atoms with Gasteiger partial charge in [0.2, 0.25) is 0 Å². The maximum absolute atomic E-state index is 5.92.